The molecule has 0 bridgehead atoms. The number of urea groups is 1. The molecule has 1 saturated heterocycles. The van der Waals surface area contributed by atoms with E-state index in [0.717, 1.165) is 0 Å². The summed E-state index contributed by atoms with van der Waals surface area (Å²) in [6, 6.07) is -1.76. The Hall–Kier alpha value is -1.35. The van der Waals surface area contributed by atoms with Crippen LogP contribution in [0.25, 0.3) is 0 Å². The first-order chi connectivity index (χ1) is 9.18. The quantitative estimate of drug-likeness (QED) is 0.688. The number of nitrogens with zero attached hydrogens (tertiary/aromatic N) is 2. The van der Waals surface area contributed by atoms with Crippen LogP contribution in [0.1, 0.15) is 13.3 Å². The normalized spacial score (nSPS) is 23.1. The van der Waals surface area contributed by atoms with Crippen LogP contribution in [0.4, 0.5) is 4.79 Å². The Balaban J connectivity index is 2.90. The Morgan fingerprint density at radius 3 is 2.55 bits per heavy atom. The highest BCUT2D eigenvalue weighted by Gasteiger charge is 2.37. The van der Waals surface area contributed by atoms with Gasteiger partial charge in [-0.1, -0.05) is 0 Å². The minimum atomic E-state index is -3.32. The number of aliphatic hydroxyl groups is 1. The molecule has 0 aliphatic carbocycles. The van der Waals surface area contributed by atoms with Crippen LogP contribution in [0.3, 0.4) is 0 Å². The summed E-state index contributed by atoms with van der Waals surface area (Å²) in [5, 5.41) is 17.9. The monoisotopic (exact) mass is 308 g/mol. The lowest BCUT2D eigenvalue weighted by molar-refractivity contribution is -0.138. The van der Waals surface area contributed by atoms with Crippen LogP contribution < -0.4 is 0 Å². The first kappa shape index (κ1) is 16.7. The van der Waals surface area contributed by atoms with Crippen molar-refractivity contribution in [3.8, 4) is 0 Å². The second-order valence-corrected chi connectivity index (χ2v) is 7.21. The Bertz CT molecular complexity index is 477. The van der Waals surface area contributed by atoms with E-state index < -0.39 is 40.3 Å². The maximum atomic E-state index is 12.3. The molecular weight excluding hydrogens is 288 g/mol. The van der Waals surface area contributed by atoms with E-state index in [4.69, 9.17) is 10.2 Å². The number of hydrogen-bond donors (Lipinski definition) is 2. The lowest BCUT2D eigenvalue weighted by atomic mass is 10.2. The number of hydrogen-bond acceptors (Lipinski definition) is 5. The lowest BCUT2D eigenvalue weighted by Crippen LogP contribution is -2.56. The van der Waals surface area contributed by atoms with E-state index in [1.807, 2.05) is 0 Å². The number of carboxylic acid groups (broad SMARTS) is 1. The predicted molar refractivity (Wildman–Crippen MR) is 71.1 cm³/mol. The fourth-order valence-electron chi connectivity index (χ4n) is 2.02. The van der Waals surface area contributed by atoms with Crippen molar-refractivity contribution in [1.82, 2.24) is 9.80 Å². The molecule has 1 aliphatic rings. The maximum absolute atomic E-state index is 12.3. The van der Waals surface area contributed by atoms with Gasteiger partial charge in [-0.25, -0.2) is 13.2 Å². The van der Waals surface area contributed by atoms with E-state index in [1.165, 1.54) is 16.8 Å². The molecule has 20 heavy (non-hydrogen) atoms. The number of carbonyl (C=O) groups is 2. The van der Waals surface area contributed by atoms with Crippen molar-refractivity contribution in [3.05, 3.63) is 0 Å². The molecule has 2 unspecified atom stereocenters. The second-order valence-electron chi connectivity index (χ2n) is 4.98. The van der Waals surface area contributed by atoms with Crippen molar-refractivity contribution in [2.45, 2.75) is 25.4 Å². The van der Waals surface area contributed by atoms with Crippen LogP contribution in [0, 0.1) is 0 Å². The Labute approximate surface area is 117 Å². The molecule has 0 aromatic rings. The highest BCUT2D eigenvalue weighted by Crippen LogP contribution is 2.17. The highest BCUT2D eigenvalue weighted by molar-refractivity contribution is 7.91. The van der Waals surface area contributed by atoms with Gasteiger partial charge in [-0.15, -0.1) is 0 Å². The average Bonchev–Trinajstić information content (AvgIpc) is 2.34. The molecule has 116 valence electrons. The van der Waals surface area contributed by atoms with Crippen molar-refractivity contribution in [3.63, 3.8) is 0 Å². The van der Waals surface area contributed by atoms with E-state index in [0.29, 0.717) is 0 Å². The van der Waals surface area contributed by atoms with Crippen molar-refractivity contribution in [1.29, 1.82) is 0 Å². The van der Waals surface area contributed by atoms with Crippen LogP contribution in [0.5, 0.6) is 0 Å². The zero-order chi connectivity index (χ0) is 15.5. The summed E-state index contributed by atoms with van der Waals surface area (Å²) in [5.74, 6) is -1.66. The summed E-state index contributed by atoms with van der Waals surface area (Å²) in [6.07, 6.45) is -0.410. The van der Waals surface area contributed by atoms with Crippen molar-refractivity contribution in [2.75, 3.05) is 31.7 Å². The Morgan fingerprint density at radius 2 is 2.05 bits per heavy atom. The third kappa shape index (κ3) is 4.07. The summed E-state index contributed by atoms with van der Waals surface area (Å²) < 4.78 is 23.2. The second kappa shape index (κ2) is 6.40. The lowest BCUT2D eigenvalue weighted by Gasteiger charge is -2.38. The molecule has 1 rings (SSSR count). The summed E-state index contributed by atoms with van der Waals surface area (Å²) in [5.41, 5.74) is 0. The standard InChI is InChI=1S/C11H20N2O6S/c1-8(6-14)12(2)11(17)13-3-4-20(18,19)7-9(13)5-10(15)16/h8-9,14H,3-7H2,1-2H3,(H,15,16). The van der Waals surface area contributed by atoms with E-state index in [2.05, 4.69) is 0 Å². The molecule has 8 nitrogen and oxygen atoms in total. The van der Waals surface area contributed by atoms with Gasteiger partial charge >= 0.3 is 12.0 Å². The minimum Gasteiger partial charge on any atom is -0.481 e. The van der Waals surface area contributed by atoms with Crippen LogP contribution in [-0.2, 0) is 14.6 Å². The van der Waals surface area contributed by atoms with Gasteiger partial charge in [0, 0.05) is 13.6 Å². The van der Waals surface area contributed by atoms with Gasteiger partial charge in [-0.2, -0.15) is 0 Å². The third-order valence-corrected chi connectivity index (χ3v) is 5.11. The maximum Gasteiger partial charge on any atom is 0.320 e. The molecule has 1 heterocycles. The number of aliphatic carboxylic acids is 1. The highest BCUT2D eigenvalue weighted by atomic mass is 32.2. The summed E-state index contributed by atoms with van der Waals surface area (Å²) >= 11 is 0. The number of carboxylic acids is 1. The molecule has 2 amide bonds. The Morgan fingerprint density at radius 1 is 1.45 bits per heavy atom. The average molecular weight is 308 g/mol. The third-order valence-electron chi connectivity index (χ3n) is 3.41. The molecule has 1 aliphatic heterocycles. The van der Waals surface area contributed by atoms with E-state index in [1.54, 1.807) is 6.92 Å². The zero-order valence-corrected chi connectivity index (χ0v) is 12.3. The fraction of sp³-hybridized carbons (Fsp3) is 0.818. The Kier molecular flexibility index (Phi) is 5.35. The predicted octanol–water partition coefficient (Wildman–Crippen LogP) is -1.01. The van der Waals surface area contributed by atoms with Crippen molar-refractivity contribution >= 4 is 21.8 Å². The molecule has 9 heteroatoms. The molecule has 0 radical (unpaired) electrons. The first-order valence-electron chi connectivity index (χ1n) is 6.24. The van der Waals surface area contributed by atoms with Crippen LogP contribution >= 0.6 is 0 Å². The molecular formula is C11H20N2O6S. The topological polar surface area (TPSA) is 115 Å². The molecule has 0 spiro atoms. The number of rotatable bonds is 4. The van der Waals surface area contributed by atoms with Gasteiger partial charge in [0.1, 0.15) is 0 Å². The van der Waals surface area contributed by atoms with Crippen molar-refractivity contribution in [2.24, 2.45) is 0 Å². The molecule has 0 aromatic heterocycles. The van der Waals surface area contributed by atoms with Gasteiger partial charge in [0.25, 0.3) is 0 Å². The van der Waals surface area contributed by atoms with E-state index in [-0.39, 0.29) is 24.7 Å². The molecule has 2 N–H and O–H groups in total. The van der Waals surface area contributed by atoms with E-state index >= 15 is 0 Å². The molecule has 0 saturated carbocycles. The molecule has 1 fully saturated rings. The van der Waals surface area contributed by atoms with Gasteiger partial charge in [-0.05, 0) is 6.92 Å². The molecule has 0 aromatic carbocycles. The van der Waals surface area contributed by atoms with Gasteiger partial charge in [0.15, 0.2) is 9.84 Å². The summed E-state index contributed by atoms with van der Waals surface area (Å²) in [7, 11) is -1.83. The number of aliphatic hydroxyl groups excluding tert-OH is 1. The van der Waals surface area contributed by atoms with Crippen LogP contribution in [0.2, 0.25) is 0 Å². The largest absolute Gasteiger partial charge is 0.481 e. The van der Waals surface area contributed by atoms with Gasteiger partial charge < -0.3 is 20.0 Å². The minimum absolute atomic E-state index is 0.0262. The molecule has 2 atom stereocenters. The number of amides is 2. The zero-order valence-electron chi connectivity index (χ0n) is 11.5. The van der Waals surface area contributed by atoms with Crippen molar-refractivity contribution < 1.29 is 28.2 Å². The summed E-state index contributed by atoms with van der Waals surface area (Å²) in [6.45, 7) is 1.39. The van der Waals surface area contributed by atoms with E-state index in [9.17, 15) is 18.0 Å². The summed E-state index contributed by atoms with van der Waals surface area (Å²) in [4.78, 5) is 25.6. The number of likely N-dealkylation sites (N-methyl/N-ethyl adjacent to an activating group) is 1. The van der Waals surface area contributed by atoms with Crippen LogP contribution in [0.15, 0.2) is 0 Å². The fourth-order valence-corrected chi connectivity index (χ4v) is 3.55. The van der Waals surface area contributed by atoms with Crippen LogP contribution in [-0.4, -0.2) is 84.2 Å². The number of carbonyl (C=O) groups excluding carboxylic acids is 1. The van der Waals surface area contributed by atoms with Gasteiger partial charge in [0.2, 0.25) is 0 Å². The first-order valence-corrected chi connectivity index (χ1v) is 8.06. The van der Waals surface area contributed by atoms with Gasteiger partial charge in [0.05, 0.1) is 36.6 Å². The number of sulfone groups is 1. The van der Waals surface area contributed by atoms with Gasteiger partial charge in [-0.3, -0.25) is 4.79 Å². The SMILES string of the molecule is CC(CO)N(C)C(=O)N1CCS(=O)(=O)CC1CC(=O)O. The smallest absolute Gasteiger partial charge is 0.320 e.